The Morgan fingerprint density at radius 2 is 1.88 bits per heavy atom. The number of benzene rings is 2. The Labute approximate surface area is 192 Å². The third-order valence-corrected chi connectivity index (χ3v) is 5.61. The number of carbonyl (C=O) groups excluding carboxylic acids is 1. The van der Waals surface area contributed by atoms with Crippen LogP contribution in [0.5, 0.6) is 0 Å². The molecule has 0 aliphatic heterocycles. The number of rotatable bonds is 5. The molecule has 3 heterocycles. The van der Waals surface area contributed by atoms with E-state index in [0.717, 1.165) is 22.0 Å². The highest BCUT2D eigenvalue weighted by molar-refractivity contribution is 6.35. The molecular formula is C23H15Cl2N5O2. The first-order valence-corrected chi connectivity index (χ1v) is 10.4. The number of carbonyl (C=O) groups is 1. The zero-order valence-electron chi connectivity index (χ0n) is 16.8. The second kappa shape index (κ2) is 8.18. The third-order valence-electron chi connectivity index (χ3n) is 5.02. The van der Waals surface area contributed by atoms with Crippen molar-refractivity contribution in [1.29, 1.82) is 0 Å². The van der Waals surface area contributed by atoms with Gasteiger partial charge in [0.2, 0.25) is 11.6 Å². The zero-order chi connectivity index (χ0) is 22.2. The number of halogens is 2. The van der Waals surface area contributed by atoms with Crippen molar-refractivity contribution in [3.05, 3.63) is 93.7 Å². The maximum Gasteiger partial charge on any atom is 0.299 e. The van der Waals surface area contributed by atoms with Crippen molar-refractivity contribution in [3.63, 3.8) is 0 Å². The number of aryl methyl sites for hydroxylation is 1. The van der Waals surface area contributed by atoms with Crippen molar-refractivity contribution < 1.29 is 9.32 Å². The highest BCUT2D eigenvalue weighted by atomic mass is 35.5. The average molecular weight is 464 g/mol. The van der Waals surface area contributed by atoms with Crippen LogP contribution in [0.15, 0.2) is 65.6 Å². The van der Waals surface area contributed by atoms with Crippen molar-refractivity contribution in [2.24, 2.45) is 0 Å². The lowest BCUT2D eigenvalue weighted by molar-refractivity contribution is 0.0995. The van der Waals surface area contributed by atoms with Gasteiger partial charge in [-0.1, -0.05) is 46.1 Å². The van der Waals surface area contributed by atoms with Gasteiger partial charge in [0.15, 0.2) is 0 Å². The highest BCUT2D eigenvalue weighted by Gasteiger charge is 2.23. The molecule has 2 aromatic carbocycles. The Hall–Kier alpha value is -3.55. The lowest BCUT2D eigenvalue weighted by Gasteiger charge is -2.08. The molecule has 0 spiro atoms. The van der Waals surface area contributed by atoms with Gasteiger partial charge in [-0.15, -0.1) is 0 Å². The lowest BCUT2D eigenvalue weighted by atomic mass is 10.1. The van der Waals surface area contributed by atoms with Gasteiger partial charge in [-0.3, -0.25) is 4.79 Å². The second-order valence-corrected chi connectivity index (χ2v) is 8.10. The van der Waals surface area contributed by atoms with Crippen molar-refractivity contribution >= 4 is 39.9 Å². The van der Waals surface area contributed by atoms with Gasteiger partial charge in [0.1, 0.15) is 0 Å². The molecule has 0 unspecified atom stereocenters. The molecule has 0 aliphatic rings. The molecule has 32 heavy (non-hydrogen) atoms. The minimum atomic E-state index is -0.378. The number of fused-ring (bicyclic) bond motifs is 1. The van der Waals surface area contributed by atoms with Crippen molar-refractivity contribution in [2.45, 2.75) is 13.5 Å². The van der Waals surface area contributed by atoms with Crippen LogP contribution in [0.3, 0.4) is 0 Å². The fourth-order valence-corrected chi connectivity index (χ4v) is 3.96. The van der Waals surface area contributed by atoms with Gasteiger partial charge < -0.3 is 9.09 Å². The van der Waals surface area contributed by atoms with Crippen LogP contribution in [0.25, 0.3) is 22.6 Å². The molecule has 0 N–H and O–H groups in total. The molecule has 0 radical (unpaired) electrons. The SMILES string of the molecule is Cc1ccc2c(c1)c(C(=O)c1nc(-c3ncccn3)no1)cn2Cc1ccc(Cl)cc1Cl. The van der Waals surface area contributed by atoms with Gasteiger partial charge in [-0.2, -0.15) is 4.98 Å². The van der Waals surface area contributed by atoms with Crippen LogP contribution in [0.4, 0.5) is 0 Å². The average Bonchev–Trinajstić information content (AvgIpc) is 3.41. The van der Waals surface area contributed by atoms with Crippen LogP contribution in [0, 0.1) is 6.92 Å². The van der Waals surface area contributed by atoms with E-state index in [-0.39, 0.29) is 23.3 Å². The second-order valence-electron chi connectivity index (χ2n) is 7.25. The summed E-state index contributed by atoms with van der Waals surface area (Å²) >= 11 is 12.4. The van der Waals surface area contributed by atoms with Gasteiger partial charge >= 0.3 is 0 Å². The van der Waals surface area contributed by atoms with Crippen LogP contribution in [-0.4, -0.2) is 30.5 Å². The molecule has 3 aromatic heterocycles. The van der Waals surface area contributed by atoms with E-state index < -0.39 is 0 Å². The topological polar surface area (TPSA) is 86.7 Å². The zero-order valence-corrected chi connectivity index (χ0v) is 18.3. The number of hydrogen-bond donors (Lipinski definition) is 0. The van der Waals surface area contributed by atoms with E-state index >= 15 is 0 Å². The van der Waals surface area contributed by atoms with Crippen LogP contribution in [0.1, 0.15) is 27.4 Å². The molecule has 0 fully saturated rings. The minimum Gasteiger partial charge on any atom is -0.342 e. The molecule has 0 aliphatic carbocycles. The van der Waals surface area contributed by atoms with Gasteiger partial charge in [-0.05, 0) is 42.8 Å². The van der Waals surface area contributed by atoms with Gasteiger partial charge in [0.05, 0.1) is 5.56 Å². The summed E-state index contributed by atoms with van der Waals surface area (Å²) in [4.78, 5) is 25.7. The smallest absolute Gasteiger partial charge is 0.299 e. The fraction of sp³-hybridized carbons (Fsp3) is 0.0870. The summed E-state index contributed by atoms with van der Waals surface area (Å²) in [5.41, 5.74) is 3.25. The Morgan fingerprint density at radius 3 is 2.66 bits per heavy atom. The van der Waals surface area contributed by atoms with Gasteiger partial charge in [0.25, 0.3) is 11.7 Å². The summed E-state index contributed by atoms with van der Waals surface area (Å²) in [6.45, 7) is 2.44. The van der Waals surface area contributed by atoms with Crippen molar-refractivity contribution in [1.82, 2.24) is 24.7 Å². The monoisotopic (exact) mass is 463 g/mol. The van der Waals surface area contributed by atoms with Gasteiger partial charge in [-0.25, -0.2) is 9.97 Å². The first-order valence-electron chi connectivity index (χ1n) is 9.69. The molecule has 0 amide bonds. The molecular weight excluding hydrogens is 449 g/mol. The Morgan fingerprint density at radius 1 is 1.06 bits per heavy atom. The van der Waals surface area contributed by atoms with Crippen LogP contribution in [-0.2, 0) is 6.54 Å². The number of hydrogen-bond acceptors (Lipinski definition) is 6. The molecule has 5 rings (SSSR count). The summed E-state index contributed by atoms with van der Waals surface area (Å²) in [6, 6.07) is 13.0. The van der Waals surface area contributed by atoms with E-state index in [2.05, 4.69) is 20.1 Å². The standard InChI is InChI=1S/C23H15Cl2N5O2/c1-13-3-6-19-16(9-13)17(12-30(19)11-14-4-5-15(24)10-18(14)25)20(31)23-28-22(29-32-23)21-26-7-2-8-27-21/h2-10,12H,11H2,1H3. The normalized spacial score (nSPS) is 11.2. The Balaban J connectivity index is 1.56. The van der Waals surface area contributed by atoms with E-state index in [1.54, 1.807) is 36.8 Å². The van der Waals surface area contributed by atoms with Crippen LogP contribution in [0.2, 0.25) is 10.0 Å². The minimum absolute atomic E-state index is 0.127. The molecule has 7 nitrogen and oxygen atoms in total. The largest absolute Gasteiger partial charge is 0.342 e. The quantitative estimate of drug-likeness (QED) is 0.325. The summed E-state index contributed by atoms with van der Waals surface area (Å²) < 4.78 is 7.21. The van der Waals surface area contributed by atoms with Crippen molar-refractivity contribution in [3.8, 4) is 11.6 Å². The molecule has 0 bridgehead atoms. The Kier molecular flexibility index (Phi) is 5.20. The predicted molar refractivity (Wildman–Crippen MR) is 121 cm³/mol. The number of aromatic nitrogens is 5. The summed E-state index contributed by atoms with van der Waals surface area (Å²) in [5.74, 6) is -0.0680. The molecule has 0 atom stereocenters. The fourth-order valence-electron chi connectivity index (χ4n) is 3.49. The molecule has 5 aromatic rings. The molecule has 9 heteroatoms. The Bertz CT molecular complexity index is 1460. The number of nitrogens with zero attached hydrogens (tertiary/aromatic N) is 5. The maximum atomic E-state index is 13.3. The molecule has 0 saturated heterocycles. The third kappa shape index (κ3) is 3.77. The first-order chi connectivity index (χ1) is 15.5. The van der Waals surface area contributed by atoms with Crippen molar-refractivity contribution in [2.75, 3.05) is 0 Å². The van der Waals surface area contributed by atoms with Gasteiger partial charge in [0, 0.05) is 46.1 Å². The van der Waals surface area contributed by atoms with E-state index in [1.165, 1.54) is 0 Å². The molecule has 0 saturated carbocycles. The number of ketones is 1. The molecule has 158 valence electrons. The highest BCUT2D eigenvalue weighted by Crippen LogP contribution is 2.28. The van der Waals surface area contributed by atoms with E-state index in [1.807, 2.05) is 35.8 Å². The lowest BCUT2D eigenvalue weighted by Crippen LogP contribution is -2.02. The van der Waals surface area contributed by atoms with Crippen LogP contribution < -0.4 is 0 Å². The first kappa shape index (κ1) is 20.4. The van der Waals surface area contributed by atoms with E-state index in [4.69, 9.17) is 27.7 Å². The predicted octanol–water partition coefficient (Wildman–Crippen LogP) is 5.38. The maximum absolute atomic E-state index is 13.3. The summed E-state index contributed by atoms with van der Waals surface area (Å²) in [6.07, 6.45) is 4.91. The summed E-state index contributed by atoms with van der Waals surface area (Å²) in [5, 5.41) is 5.77. The van der Waals surface area contributed by atoms with Crippen LogP contribution >= 0.6 is 23.2 Å². The van der Waals surface area contributed by atoms with E-state index in [9.17, 15) is 4.79 Å². The summed E-state index contributed by atoms with van der Waals surface area (Å²) in [7, 11) is 0. The van der Waals surface area contributed by atoms with E-state index in [0.29, 0.717) is 22.2 Å².